The highest BCUT2D eigenvalue weighted by Crippen LogP contribution is 2.44. The molecule has 4 aromatic rings. The molecule has 0 unspecified atom stereocenters. The molecular weight excluding hydrogens is 565 g/mol. The molecule has 0 aliphatic heterocycles. The Bertz CT molecular complexity index is 1670. The van der Waals surface area contributed by atoms with Crippen molar-refractivity contribution in [3.63, 3.8) is 0 Å². The van der Waals surface area contributed by atoms with Gasteiger partial charge in [-0.3, -0.25) is 0 Å². The number of sulfonamides is 2. The summed E-state index contributed by atoms with van der Waals surface area (Å²) in [4.78, 5) is 0.258. The van der Waals surface area contributed by atoms with Crippen LogP contribution in [0.1, 0.15) is 22.3 Å². The van der Waals surface area contributed by atoms with E-state index in [2.05, 4.69) is 13.2 Å². The van der Waals surface area contributed by atoms with Gasteiger partial charge in [0.15, 0.2) is 0 Å². The van der Waals surface area contributed by atoms with Crippen LogP contribution in [0.25, 0.3) is 0 Å². The highest BCUT2D eigenvalue weighted by Gasteiger charge is 2.52. The van der Waals surface area contributed by atoms with Gasteiger partial charge in [-0.15, -0.1) is 0 Å². The zero-order chi connectivity index (χ0) is 30.1. The standard InChI is InChI=1S/C34H34N2O4S2/c1-25-15-19-31(20-16-25)41(37,38)35(23-29-11-7-5-8-12-29)33-27(3)28(4)34(33)36(24-30-13-9-6-10-14-30)42(39,40)32-21-17-26(2)18-22-32/h5-22,33-34H,3-4,23-24H2,1-2H3/t33-,34-/m0/s1. The average molecular weight is 599 g/mol. The third-order valence-electron chi connectivity index (χ3n) is 7.66. The second kappa shape index (κ2) is 11.8. The predicted octanol–water partition coefficient (Wildman–Crippen LogP) is 6.25. The Morgan fingerprint density at radius 1 is 0.524 bits per heavy atom. The lowest BCUT2D eigenvalue weighted by Crippen LogP contribution is -2.62. The highest BCUT2D eigenvalue weighted by molar-refractivity contribution is 7.89. The van der Waals surface area contributed by atoms with E-state index < -0.39 is 32.1 Å². The Labute approximate surface area is 249 Å². The summed E-state index contributed by atoms with van der Waals surface area (Å²) < 4.78 is 60.0. The second-order valence-corrected chi connectivity index (χ2v) is 14.4. The molecule has 1 aliphatic carbocycles. The van der Waals surface area contributed by atoms with Crippen molar-refractivity contribution < 1.29 is 16.8 Å². The fourth-order valence-electron chi connectivity index (χ4n) is 5.21. The minimum Gasteiger partial charge on any atom is -0.207 e. The van der Waals surface area contributed by atoms with E-state index in [-0.39, 0.29) is 22.9 Å². The average Bonchev–Trinajstić information content (AvgIpc) is 2.99. The van der Waals surface area contributed by atoms with E-state index in [1.165, 1.54) is 8.61 Å². The van der Waals surface area contributed by atoms with Gasteiger partial charge in [0.2, 0.25) is 20.0 Å². The minimum atomic E-state index is -4.08. The molecule has 8 heteroatoms. The third-order valence-corrected chi connectivity index (χ3v) is 11.3. The van der Waals surface area contributed by atoms with Crippen molar-refractivity contribution in [3.8, 4) is 0 Å². The van der Waals surface area contributed by atoms with Gasteiger partial charge in [-0.25, -0.2) is 16.8 Å². The molecule has 4 aromatic carbocycles. The van der Waals surface area contributed by atoms with Crippen molar-refractivity contribution in [1.29, 1.82) is 0 Å². The van der Waals surface area contributed by atoms with Crippen molar-refractivity contribution in [1.82, 2.24) is 8.61 Å². The molecule has 0 heterocycles. The molecule has 0 saturated heterocycles. The third kappa shape index (κ3) is 5.76. The van der Waals surface area contributed by atoms with Gasteiger partial charge in [0, 0.05) is 13.1 Å². The molecule has 1 aliphatic rings. The van der Waals surface area contributed by atoms with Gasteiger partial charge in [0.25, 0.3) is 0 Å². The fourth-order valence-corrected chi connectivity index (χ4v) is 8.43. The summed E-state index contributed by atoms with van der Waals surface area (Å²) in [5, 5.41) is 0. The number of hydrogen-bond acceptors (Lipinski definition) is 4. The maximum absolute atomic E-state index is 14.3. The van der Waals surface area contributed by atoms with Gasteiger partial charge < -0.3 is 0 Å². The van der Waals surface area contributed by atoms with Crippen molar-refractivity contribution in [2.75, 3.05) is 0 Å². The minimum absolute atomic E-state index is 0.0360. The number of rotatable bonds is 10. The van der Waals surface area contributed by atoms with Crippen LogP contribution in [0.3, 0.4) is 0 Å². The van der Waals surface area contributed by atoms with Crippen LogP contribution in [-0.2, 0) is 33.1 Å². The number of nitrogens with zero attached hydrogens (tertiary/aromatic N) is 2. The molecule has 5 rings (SSSR count). The normalized spacial score (nSPS) is 17.4. The monoisotopic (exact) mass is 598 g/mol. The van der Waals surface area contributed by atoms with Crippen LogP contribution in [0.15, 0.2) is 143 Å². The molecule has 6 nitrogen and oxygen atoms in total. The van der Waals surface area contributed by atoms with Crippen LogP contribution in [0, 0.1) is 13.8 Å². The molecule has 0 bridgehead atoms. The van der Waals surface area contributed by atoms with Crippen LogP contribution in [0.2, 0.25) is 0 Å². The molecule has 216 valence electrons. The Kier molecular flexibility index (Phi) is 8.35. The predicted molar refractivity (Wildman–Crippen MR) is 167 cm³/mol. The maximum Gasteiger partial charge on any atom is 0.244 e. The number of aryl methyl sites for hydroxylation is 2. The topological polar surface area (TPSA) is 74.8 Å². The number of benzene rings is 4. The lowest BCUT2D eigenvalue weighted by Gasteiger charge is -2.50. The van der Waals surface area contributed by atoms with Gasteiger partial charge in [0.1, 0.15) is 0 Å². The van der Waals surface area contributed by atoms with Gasteiger partial charge in [-0.1, -0.05) is 109 Å². The fraction of sp³-hybridized carbons (Fsp3) is 0.176. The molecular formula is C34H34N2O4S2. The van der Waals surface area contributed by atoms with Crippen molar-refractivity contribution >= 4 is 20.0 Å². The Balaban J connectivity index is 1.64. The van der Waals surface area contributed by atoms with E-state index in [0.29, 0.717) is 11.1 Å². The van der Waals surface area contributed by atoms with Gasteiger partial charge in [-0.2, -0.15) is 8.61 Å². The zero-order valence-electron chi connectivity index (χ0n) is 23.7. The summed E-state index contributed by atoms with van der Waals surface area (Å²) in [6.45, 7) is 12.2. The summed E-state index contributed by atoms with van der Waals surface area (Å²) in [5.74, 6) is 0. The zero-order valence-corrected chi connectivity index (χ0v) is 25.4. The largest absolute Gasteiger partial charge is 0.244 e. The first-order valence-corrected chi connectivity index (χ1v) is 16.5. The van der Waals surface area contributed by atoms with E-state index in [9.17, 15) is 16.8 Å². The first kappa shape index (κ1) is 29.7. The maximum atomic E-state index is 14.3. The molecule has 0 amide bonds. The Hall–Kier alpha value is -3.82. The lowest BCUT2D eigenvalue weighted by atomic mass is 9.76. The summed E-state index contributed by atoms with van der Waals surface area (Å²) in [5.41, 5.74) is 4.39. The molecule has 0 aromatic heterocycles. The SMILES string of the molecule is C=C1C(=C)[C@H](N(Cc2ccccc2)S(=O)(=O)c2ccc(C)cc2)[C@H]1N(Cc1ccccc1)S(=O)(=O)c1ccc(C)cc1. The molecule has 1 fully saturated rings. The quantitative estimate of drug-likeness (QED) is 0.216. The van der Waals surface area contributed by atoms with Crippen molar-refractivity contribution in [2.24, 2.45) is 0 Å². The van der Waals surface area contributed by atoms with E-state index in [1.54, 1.807) is 48.5 Å². The summed E-state index contributed by atoms with van der Waals surface area (Å²) >= 11 is 0. The lowest BCUT2D eigenvalue weighted by molar-refractivity contribution is 0.195. The van der Waals surface area contributed by atoms with Gasteiger partial charge in [-0.05, 0) is 60.4 Å². The van der Waals surface area contributed by atoms with Crippen LogP contribution >= 0.6 is 0 Å². The van der Waals surface area contributed by atoms with E-state index in [0.717, 1.165) is 22.3 Å². The van der Waals surface area contributed by atoms with Crippen molar-refractivity contribution in [3.05, 3.63) is 156 Å². The van der Waals surface area contributed by atoms with Crippen molar-refractivity contribution in [2.45, 2.75) is 48.8 Å². The molecule has 42 heavy (non-hydrogen) atoms. The van der Waals surface area contributed by atoms with Gasteiger partial charge >= 0.3 is 0 Å². The Morgan fingerprint density at radius 3 is 1.14 bits per heavy atom. The van der Waals surface area contributed by atoms with Crippen LogP contribution < -0.4 is 0 Å². The van der Waals surface area contributed by atoms with E-state index in [4.69, 9.17) is 0 Å². The number of hydrogen-bond donors (Lipinski definition) is 0. The smallest absolute Gasteiger partial charge is 0.207 e. The molecule has 1 saturated carbocycles. The van der Waals surface area contributed by atoms with E-state index in [1.807, 2.05) is 74.5 Å². The molecule has 0 radical (unpaired) electrons. The summed E-state index contributed by atoms with van der Waals surface area (Å²) in [7, 11) is -8.16. The van der Waals surface area contributed by atoms with Gasteiger partial charge in [0.05, 0.1) is 21.9 Å². The Morgan fingerprint density at radius 2 is 0.833 bits per heavy atom. The first-order valence-electron chi connectivity index (χ1n) is 13.6. The molecule has 2 atom stereocenters. The van der Waals surface area contributed by atoms with E-state index >= 15 is 0 Å². The first-order chi connectivity index (χ1) is 20.0. The summed E-state index contributed by atoms with van der Waals surface area (Å²) in [6, 6.07) is 30.2. The molecule has 0 N–H and O–H groups in total. The second-order valence-electron chi connectivity index (χ2n) is 10.6. The van der Waals surface area contributed by atoms with Crippen LogP contribution in [-0.4, -0.2) is 37.5 Å². The van der Waals surface area contributed by atoms with Crippen LogP contribution in [0.5, 0.6) is 0 Å². The highest BCUT2D eigenvalue weighted by atomic mass is 32.2. The molecule has 0 spiro atoms. The van der Waals surface area contributed by atoms with Crippen LogP contribution in [0.4, 0.5) is 0 Å². The summed E-state index contributed by atoms with van der Waals surface area (Å²) in [6.07, 6.45) is 0.